The van der Waals surface area contributed by atoms with Crippen LogP contribution in [0.2, 0.25) is 0 Å². The Kier molecular flexibility index (Phi) is 5.18. The molecule has 0 fully saturated rings. The van der Waals surface area contributed by atoms with Crippen LogP contribution in [0.15, 0.2) is 17.0 Å². The fraction of sp³-hybridized carbons (Fsp3) is 0.273. The highest BCUT2D eigenvalue weighted by atomic mass is 32.2. The van der Waals surface area contributed by atoms with Gasteiger partial charge in [0.25, 0.3) is 0 Å². The van der Waals surface area contributed by atoms with Gasteiger partial charge in [-0.15, -0.1) is 13.2 Å². The van der Waals surface area contributed by atoms with Gasteiger partial charge in [0, 0.05) is 4.90 Å². The third-order valence-electron chi connectivity index (χ3n) is 2.05. The molecule has 22 heavy (non-hydrogen) atoms. The van der Waals surface area contributed by atoms with E-state index in [-0.39, 0.29) is 0 Å². The molecule has 0 bridgehead atoms. The Bertz CT molecular complexity index is 620. The lowest BCUT2D eigenvalue weighted by molar-refractivity contribution is -0.274. The second-order valence-electron chi connectivity index (χ2n) is 3.54. The van der Waals surface area contributed by atoms with Crippen molar-refractivity contribution >= 4 is 17.7 Å². The summed E-state index contributed by atoms with van der Waals surface area (Å²) in [7, 11) is 0.858. The first-order chi connectivity index (χ1) is 9.96. The summed E-state index contributed by atoms with van der Waals surface area (Å²) in [5.74, 6) is -2.49. The Morgan fingerprint density at radius 3 is 2.23 bits per heavy atom. The van der Waals surface area contributed by atoms with E-state index in [4.69, 9.17) is 5.26 Å². The highest BCUT2D eigenvalue weighted by Crippen LogP contribution is 2.40. The number of benzene rings is 1. The number of alkyl halides is 6. The Morgan fingerprint density at radius 2 is 1.82 bits per heavy atom. The van der Waals surface area contributed by atoms with Crippen molar-refractivity contribution in [1.82, 2.24) is 0 Å². The van der Waals surface area contributed by atoms with Crippen LogP contribution in [-0.2, 0) is 4.74 Å². The number of hydrogen-bond donors (Lipinski definition) is 0. The van der Waals surface area contributed by atoms with Crippen molar-refractivity contribution < 1.29 is 40.6 Å². The Morgan fingerprint density at radius 1 is 1.23 bits per heavy atom. The first-order valence-corrected chi connectivity index (χ1v) is 5.96. The number of ether oxygens (including phenoxy) is 2. The van der Waals surface area contributed by atoms with Crippen molar-refractivity contribution in [3.05, 3.63) is 23.3 Å². The van der Waals surface area contributed by atoms with Crippen molar-refractivity contribution in [2.24, 2.45) is 0 Å². The van der Waals surface area contributed by atoms with E-state index in [0.717, 1.165) is 7.11 Å². The average molecular weight is 345 g/mol. The van der Waals surface area contributed by atoms with Crippen LogP contribution in [0.3, 0.4) is 0 Å². The molecule has 0 aromatic heterocycles. The zero-order valence-corrected chi connectivity index (χ0v) is 11.3. The number of carbonyl (C=O) groups is 1. The number of rotatable bonds is 3. The largest absolute Gasteiger partial charge is 0.573 e. The predicted molar refractivity (Wildman–Crippen MR) is 61.1 cm³/mol. The number of methoxy groups -OCH3 is 1. The number of thioether (sulfide) groups is 1. The smallest absolute Gasteiger partial charge is 0.465 e. The lowest BCUT2D eigenvalue weighted by Crippen LogP contribution is -2.19. The summed E-state index contributed by atoms with van der Waals surface area (Å²) in [6.45, 7) is 0. The van der Waals surface area contributed by atoms with Crippen molar-refractivity contribution in [3.63, 3.8) is 0 Å². The van der Waals surface area contributed by atoms with E-state index < -0.39 is 51.4 Å². The quantitative estimate of drug-likeness (QED) is 0.473. The maximum Gasteiger partial charge on any atom is 0.573 e. The lowest BCUT2D eigenvalue weighted by Gasteiger charge is -2.14. The molecule has 1 rings (SSSR count). The van der Waals surface area contributed by atoms with Gasteiger partial charge in [0.1, 0.15) is 17.4 Å². The average Bonchev–Trinajstić information content (AvgIpc) is 2.33. The van der Waals surface area contributed by atoms with E-state index in [1.807, 2.05) is 0 Å². The minimum Gasteiger partial charge on any atom is -0.465 e. The Balaban J connectivity index is 3.48. The fourth-order valence-corrected chi connectivity index (χ4v) is 1.98. The molecule has 0 saturated heterocycles. The topological polar surface area (TPSA) is 59.3 Å². The van der Waals surface area contributed by atoms with Gasteiger partial charge in [0.2, 0.25) is 0 Å². The third-order valence-corrected chi connectivity index (χ3v) is 2.75. The monoisotopic (exact) mass is 345 g/mol. The molecule has 0 saturated carbocycles. The van der Waals surface area contributed by atoms with Crippen molar-refractivity contribution in [3.8, 4) is 11.8 Å². The van der Waals surface area contributed by atoms with Crippen LogP contribution in [0, 0.1) is 11.3 Å². The molecule has 1 aromatic carbocycles. The Hall–Kier alpha value is -2.09. The molecule has 0 atom stereocenters. The van der Waals surface area contributed by atoms with Gasteiger partial charge in [0.05, 0.1) is 12.7 Å². The summed E-state index contributed by atoms with van der Waals surface area (Å²) in [5.41, 5.74) is -6.45. The number of esters is 1. The van der Waals surface area contributed by atoms with Gasteiger partial charge in [-0.1, -0.05) is 0 Å². The molecular weight excluding hydrogens is 340 g/mol. The van der Waals surface area contributed by atoms with E-state index in [0.29, 0.717) is 12.1 Å². The van der Waals surface area contributed by atoms with Gasteiger partial charge in [-0.2, -0.15) is 18.4 Å². The molecule has 0 unspecified atom stereocenters. The van der Waals surface area contributed by atoms with Crippen molar-refractivity contribution in [1.29, 1.82) is 5.26 Å². The van der Waals surface area contributed by atoms with E-state index >= 15 is 0 Å². The number of halogens is 6. The molecule has 0 spiro atoms. The second-order valence-corrected chi connectivity index (χ2v) is 4.68. The molecule has 0 N–H and O–H groups in total. The van der Waals surface area contributed by atoms with Crippen LogP contribution in [0.5, 0.6) is 5.75 Å². The molecule has 0 aliphatic carbocycles. The van der Waals surface area contributed by atoms with Crippen LogP contribution in [0.1, 0.15) is 15.9 Å². The van der Waals surface area contributed by atoms with Crippen LogP contribution < -0.4 is 4.74 Å². The lowest BCUT2D eigenvalue weighted by atomic mass is 10.1. The summed E-state index contributed by atoms with van der Waals surface area (Å²) < 4.78 is 81.5. The summed E-state index contributed by atoms with van der Waals surface area (Å²) >= 11 is -0.762. The molecule has 0 amide bonds. The van der Waals surface area contributed by atoms with E-state index in [1.165, 1.54) is 6.07 Å². The number of nitriles is 1. The summed E-state index contributed by atoms with van der Waals surface area (Å²) in [6.07, 6.45) is -5.25. The van der Waals surface area contributed by atoms with Crippen LogP contribution in [0.25, 0.3) is 0 Å². The standard InChI is InChI=1S/C11H5F6NO3S/c1-20-9(19)6-2-5(22-11(15,16)17)3-8(7(6)4-18)21-10(12,13)14/h2-3H,1H3. The van der Waals surface area contributed by atoms with Gasteiger partial charge in [-0.25, -0.2) is 4.79 Å². The second kappa shape index (κ2) is 6.35. The van der Waals surface area contributed by atoms with Gasteiger partial charge < -0.3 is 9.47 Å². The van der Waals surface area contributed by atoms with Crippen LogP contribution in [0.4, 0.5) is 26.3 Å². The number of nitrogens with zero attached hydrogens (tertiary/aromatic N) is 1. The SMILES string of the molecule is COC(=O)c1cc(SC(F)(F)F)cc(OC(F)(F)F)c1C#N. The van der Waals surface area contributed by atoms with E-state index in [2.05, 4.69) is 9.47 Å². The first kappa shape index (κ1) is 18.0. The molecule has 0 radical (unpaired) electrons. The highest BCUT2D eigenvalue weighted by molar-refractivity contribution is 8.00. The summed E-state index contributed by atoms with van der Waals surface area (Å²) in [4.78, 5) is 10.7. The minimum atomic E-state index is -5.25. The molecule has 1 aromatic rings. The maximum atomic E-state index is 12.3. The van der Waals surface area contributed by atoms with E-state index in [9.17, 15) is 31.1 Å². The van der Waals surface area contributed by atoms with Gasteiger partial charge >= 0.3 is 17.8 Å². The molecule has 0 heterocycles. The maximum absolute atomic E-state index is 12.3. The predicted octanol–water partition coefficient (Wildman–Crippen LogP) is 3.86. The minimum absolute atomic E-state index is 0.372. The molecule has 4 nitrogen and oxygen atoms in total. The number of carbonyl (C=O) groups excluding carboxylic acids is 1. The van der Waals surface area contributed by atoms with Crippen LogP contribution in [-0.4, -0.2) is 24.9 Å². The normalized spacial score (nSPS) is 11.7. The fourth-order valence-electron chi connectivity index (χ4n) is 1.37. The first-order valence-electron chi connectivity index (χ1n) is 5.15. The van der Waals surface area contributed by atoms with Gasteiger partial charge in [-0.3, -0.25) is 0 Å². The third kappa shape index (κ3) is 5.03. The molecule has 11 heteroatoms. The van der Waals surface area contributed by atoms with Crippen molar-refractivity contribution in [2.75, 3.05) is 7.11 Å². The molecular formula is C11H5F6NO3S. The zero-order valence-electron chi connectivity index (χ0n) is 10.5. The number of hydrogen-bond acceptors (Lipinski definition) is 5. The molecule has 120 valence electrons. The molecule has 0 aliphatic heterocycles. The van der Waals surface area contributed by atoms with E-state index in [1.54, 1.807) is 0 Å². The van der Waals surface area contributed by atoms with Crippen molar-refractivity contribution in [2.45, 2.75) is 16.8 Å². The summed E-state index contributed by atoms with van der Waals surface area (Å²) in [5, 5.41) is 8.83. The highest BCUT2D eigenvalue weighted by Gasteiger charge is 2.35. The van der Waals surface area contributed by atoms with Gasteiger partial charge in [-0.05, 0) is 23.9 Å². The van der Waals surface area contributed by atoms with Gasteiger partial charge in [0.15, 0.2) is 0 Å². The summed E-state index contributed by atoms with van der Waals surface area (Å²) in [6, 6.07) is 2.25. The Labute approximate surface area is 123 Å². The van der Waals surface area contributed by atoms with Crippen LogP contribution >= 0.6 is 11.8 Å². The zero-order chi connectivity index (χ0) is 17.1. The molecule has 0 aliphatic rings.